The molecule has 7 heteroatoms. The van der Waals surface area contributed by atoms with Gasteiger partial charge < -0.3 is 20.2 Å². The highest BCUT2D eigenvalue weighted by Gasteiger charge is 2.13. The third kappa shape index (κ3) is 7.14. The molecule has 0 aliphatic carbocycles. The van der Waals surface area contributed by atoms with E-state index in [1.807, 2.05) is 55.9 Å². The summed E-state index contributed by atoms with van der Waals surface area (Å²) in [6.07, 6.45) is 1.21. The maximum atomic E-state index is 10.6. The van der Waals surface area contributed by atoms with Crippen molar-refractivity contribution < 1.29 is 9.53 Å². The van der Waals surface area contributed by atoms with E-state index in [1.165, 1.54) is 0 Å². The van der Waals surface area contributed by atoms with Crippen LogP contribution in [0.25, 0.3) is 0 Å². The Balaban J connectivity index is 0.000000300. The quantitative estimate of drug-likeness (QED) is 0.462. The molecule has 2 N–H and O–H groups in total. The molecular formula is C17H22BrN3O2S. The summed E-state index contributed by atoms with van der Waals surface area (Å²) in [6.45, 7) is 0. The number of hydrogen-bond acceptors (Lipinski definition) is 4. The number of nitrogens with zero attached hydrogens (tertiary/aromatic N) is 2. The van der Waals surface area contributed by atoms with Gasteiger partial charge in [-0.3, -0.25) is 0 Å². The first-order valence-electron chi connectivity index (χ1n) is 7.25. The number of aldehydes is 1. The van der Waals surface area contributed by atoms with Crippen LogP contribution in [0.5, 0.6) is 5.75 Å². The van der Waals surface area contributed by atoms with Crippen molar-refractivity contribution in [3.05, 3.63) is 51.1 Å². The van der Waals surface area contributed by atoms with Crippen LogP contribution in [0.2, 0.25) is 0 Å². The van der Waals surface area contributed by atoms with Crippen molar-refractivity contribution in [2.45, 2.75) is 12.5 Å². The SMILES string of the molecule is CN(C)C(N)=NC(CC=O)c1cc(Br)cs1.COc1ccccc1. The summed E-state index contributed by atoms with van der Waals surface area (Å²) in [5.41, 5.74) is 5.74. The largest absolute Gasteiger partial charge is 0.497 e. The van der Waals surface area contributed by atoms with Crippen LogP contribution in [-0.4, -0.2) is 38.4 Å². The van der Waals surface area contributed by atoms with E-state index in [2.05, 4.69) is 20.9 Å². The van der Waals surface area contributed by atoms with Crippen molar-refractivity contribution in [3.8, 4) is 5.75 Å². The van der Waals surface area contributed by atoms with Crippen molar-refractivity contribution in [2.75, 3.05) is 21.2 Å². The fraction of sp³-hybridized carbons (Fsp3) is 0.294. The highest BCUT2D eigenvalue weighted by atomic mass is 79.9. The second kappa shape index (κ2) is 10.8. The van der Waals surface area contributed by atoms with Crippen molar-refractivity contribution >= 4 is 39.5 Å². The monoisotopic (exact) mass is 411 g/mol. The standard InChI is InChI=1S/C10H14BrN3OS.C7H8O/c1-14(2)10(12)13-8(3-4-15)9-5-7(11)6-16-9;1-8-7-5-3-2-4-6-7/h4-6,8H,3H2,1-2H3,(H2,12,13);2-6H,1H3. The van der Waals surface area contributed by atoms with Gasteiger partial charge in [0.15, 0.2) is 5.96 Å². The lowest BCUT2D eigenvalue weighted by molar-refractivity contribution is -0.108. The predicted octanol–water partition coefficient (Wildman–Crippen LogP) is 3.71. The first-order chi connectivity index (χ1) is 11.5. The molecule has 0 saturated heterocycles. The number of halogens is 1. The van der Waals surface area contributed by atoms with E-state index >= 15 is 0 Å². The van der Waals surface area contributed by atoms with E-state index in [0.29, 0.717) is 12.4 Å². The molecule has 0 amide bonds. The van der Waals surface area contributed by atoms with Crippen LogP contribution in [0.3, 0.4) is 0 Å². The van der Waals surface area contributed by atoms with E-state index in [4.69, 9.17) is 10.5 Å². The van der Waals surface area contributed by atoms with E-state index in [9.17, 15) is 4.79 Å². The molecule has 0 aliphatic rings. The highest BCUT2D eigenvalue weighted by Crippen LogP contribution is 2.29. The van der Waals surface area contributed by atoms with Gasteiger partial charge in [0.25, 0.3) is 0 Å². The average Bonchev–Trinajstić information content (AvgIpc) is 3.02. The van der Waals surface area contributed by atoms with Crippen LogP contribution in [0.4, 0.5) is 0 Å². The summed E-state index contributed by atoms with van der Waals surface area (Å²) in [7, 11) is 5.30. The lowest BCUT2D eigenvalue weighted by Gasteiger charge is -2.14. The molecule has 0 fully saturated rings. The minimum absolute atomic E-state index is 0.184. The number of nitrogens with two attached hydrogens (primary N) is 1. The molecule has 2 aromatic rings. The van der Waals surface area contributed by atoms with Gasteiger partial charge in [0.2, 0.25) is 0 Å². The fourth-order valence-corrected chi connectivity index (χ4v) is 3.15. The van der Waals surface area contributed by atoms with Gasteiger partial charge in [-0.15, -0.1) is 11.3 Å². The zero-order chi connectivity index (χ0) is 17.9. The number of carbonyl (C=O) groups excluding carboxylic acids is 1. The molecule has 1 unspecified atom stereocenters. The third-order valence-corrected chi connectivity index (χ3v) is 4.76. The molecule has 0 radical (unpaired) electrons. The zero-order valence-electron chi connectivity index (χ0n) is 14.0. The summed E-state index contributed by atoms with van der Waals surface area (Å²) in [5, 5.41) is 1.97. The first kappa shape index (κ1) is 20.2. The Labute approximate surface area is 155 Å². The van der Waals surface area contributed by atoms with Crippen molar-refractivity contribution in [1.29, 1.82) is 0 Å². The van der Waals surface area contributed by atoms with Gasteiger partial charge in [-0.1, -0.05) is 18.2 Å². The van der Waals surface area contributed by atoms with E-state index in [0.717, 1.165) is 21.4 Å². The minimum Gasteiger partial charge on any atom is -0.497 e. The van der Waals surface area contributed by atoms with Crippen molar-refractivity contribution in [1.82, 2.24) is 4.90 Å². The molecule has 5 nitrogen and oxygen atoms in total. The molecule has 1 atom stereocenters. The Morgan fingerprint density at radius 3 is 2.50 bits per heavy atom. The summed E-state index contributed by atoms with van der Waals surface area (Å²) in [6, 6.07) is 11.5. The molecule has 0 saturated carbocycles. The molecule has 1 aromatic carbocycles. The number of guanidine groups is 1. The Morgan fingerprint density at radius 1 is 1.42 bits per heavy atom. The Morgan fingerprint density at radius 2 is 2.08 bits per heavy atom. The van der Waals surface area contributed by atoms with Crippen LogP contribution in [0, 0.1) is 0 Å². The number of rotatable bonds is 5. The van der Waals surface area contributed by atoms with Gasteiger partial charge in [-0.25, -0.2) is 4.99 Å². The van der Waals surface area contributed by atoms with E-state index in [-0.39, 0.29) is 6.04 Å². The van der Waals surface area contributed by atoms with Gasteiger partial charge in [0.1, 0.15) is 12.0 Å². The maximum Gasteiger partial charge on any atom is 0.191 e. The van der Waals surface area contributed by atoms with Crippen LogP contribution in [-0.2, 0) is 4.79 Å². The second-order valence-electron chi connectivity index (χ2n) is 4.98. The fourth-order valence-electron chi connectivity index (χ4n) is 1.66. The molecular weight excluding hydrogens is 390 g/mol. The number of methoxy groups -OCH3 is 1. The number of carbonyl (C=O) groups is 1. The number of hydrogen-bond donors (Lipinski definition) is 1. The minimum atomic E-state index is -0.184. The molecule has 130 valence electrons. The van der Waals surface area contributed by atoms with Crippen molar-refractivity contribution in [2.24, 2.45) is 10.7 Å². The van der Waals surface area contributed by atoms with Crippen LogP contribution < -0.4 is 10.5 Å². The summed E-state index contributed by atoms with van der Waals surface area (Å²) < 4.78 is 5.92. The molecule has 1 aromatic heterocycles. The van der Waals surface area contributed by atoms with Gasteiger partial charge in [0, 0.05) is 35.2 Å². The van der Waals surface area contributed by atoms with Gasteiger partial charge in [-0.05, 0) is 34.1 Å². The maximum absolute atomic E-state index is 10.6. The summed E-state index contributed by atoms with van der Waals surface area (Å²) >= 11 is 4.94. The third-order valence-electron chi connectivity index (χ3n) is 2.96. The second-order valence-corrected chi connectivity index (χ2v) is 6.84. The topological polar surface area (TPSA) is 67.9 Å². The Hall–Kier alpha value is -1.86. The number of thiophene rings is 1. The van der Waals surface area contributed by atoms with E-state index in [1.54, 1.807) is 23.3 Å². The van der Waals surface area contributed by atoms with Gasteiger partial charge in [-0.2, -0.15) is 0 Å². The molecule has 2 rings (SSSR count). The zero-order valence-corrected chi connectivity index (χ0v) is 16.4. The first-order valence-corrected chi connectivity index (χ1v) is 8.92. The molecule has 1 heterocycles. The molecule has 0 aliphatic heterocycles. The summed E-state index contributed by atoms with van der Waals surface area (Å²) in [5.74, 6) is 1.34. The van der Waals surface area contributed by atoms with Crippen LogP contribution in [0.15, 0.2) is 51.2 Å². The predicted molar refractivity (Wildman–Crippen MR) is 104 cm³/mol. The molecule has 24 heavy (non-hydrogen) atoms. The van der Waals surface area contributed by atoms with Crippen LogP contribution in [0.1, 0.15) is 17.3 Å². The van der Waals surface area contributed by atoms with Crippen LogP contribution >= 0.6 is 27.3 Å². The average molecular weight is 412 g/mol. The molecule has 0 bridgehead atoms. The van der Waals surface area contributed by atoms with E-state index < -0.39 is 0 Å². The smallest absolute Gasteiger partial charge is 0.191 e. The number of benzene rings is 1. The number of para-hydroxylation sites is 1. The number of ether oxygens (including phenoxy) is 1. The summed E-state index contributed by atoms with van der Waals surface area (Å²) in [4.78, 5) is 17.7. The van der Waals surface area contributed by atoms with Gasteiger partial charge >= 0.3 is 0 Å². The lowest BCUT2D eigenvalue weighted by Crippen LogP contribution is -2.30. The number of aliphatic imine (C=N–C) groups is 1. The van der Waals surface area contributed by atoms with Gasteiger partial charge in [0.05, 0.1) is 13.2 Å². The Bertz CT molecular complexity index is 644. The highest BCUT2D eigenvalue weighted by molar-refractivity contribution is 9.10. The van der Waals surface area contributed by atoms with Crippen molar-refractivity contribution in [3.63, 3.8) is 0 Å². The Kier molecular flexibility index (Phi) is 9.11. The lowest BCUT2D eigenvalue weighted by atomic mass is 10.2. The molecule has 0 spiro atoms. The normalized spacial score (nSPS) is 11.9.